The molecule has 1 saturated heterocycles. The summed E-state index contributed by atoms with van der Waals surface area (Å²) in [6.07, 6.45) is 1.81. The van der Waals surface area contributed by atoms with Crippen LogP contribution in [0.1, 0.15) is 12.8 Å². The summed E-state index contributed by atoms with van der Waals surface area (Å²) >= 11 is 1.53. The highest BCUT2D eigenvalue weighted by atomic mass is 32.1. The summed E-state index contributed by atoms with van der Waals surface area (Å²) in [5.41, 5.74) is 6.43. The van der Waals surface area contributed by atoms with Gasteiger partial charge in [0.2, 0.25) is 11.0 Å². The van der Waals surface area contributed by atoms with E-state index in [1.54, 1.807) is 7.11 Å². The molecule has 0 bridgehead atoms. The number of aromatic nitrogens is 2. The summed E-state index contributed by atoms with van der Waals surface area (Å²) in [6, 6.07) is 7.73. The van der Waals surface area contributed by atoms with Crippen LogP contribution < -0.4 is 15.4 Å². The molecule has 2 heterocycles. The first-order valence-electron chi connectivity index (χ1n) is 7.19. The molecule has 1 fully saturated rings. The third-order valence-electron chi connectivity index (χ3n) is 3.85. The Morgan fingerprint density at radius 1 is 1.36 bits per heavy atom. The number of primary amides is 1. The van der Waals surface area contributed by atoms with Crippen LogP contribution in [0, 0.1) is 5.92 Å². The molecule has 7 heteroatoms. The number of piperidine rings is 1. The molecule has 1 aromatic heterocycles. The topological polar surface area (TPSA) is 81.3 Å². The van der Waals surface area contributed by atoms with Crippen molar-refractivity contribution in [1.82, 2.24) is 10.2 Å². The second-order valence-corrected chi connectivity index (χ2v) is 6.26. The molecule has 1 aliphatic heterocycles. The van der Waals surface area contributed by atoms with E-state index < -0.39 is 0 Å². The van der Waals surface area contributed by atoms with Crippen LogP contribution in [-0.2, 0) is 4.79 Å². The maximum atomic E-state index is 11.4. The Kier molecular flexibility index (Phi) is 4.24. The monoisotopic (exact) mass is 318 g/mol. The Hall–Kier alpha value is -2.15. The lowest BCUT2D eigenvalue weighted by atomic mass is 9.98. The highest BCUT2D eigenvalue weighted by Crippen LogP contribution is 2.31. The van der Waals surface area contributed by atoms with Crippen LogP contribution in [0.2, 0.25) is 0 Å². The van der Waals surface area contributed by atoms with Gasteiger partial charge in [0, 0.05) is 18.7 Å². The van der Waals surface area contributed by atoms with E-state index in [2.05, 4.69) is 15.1 Å². The maximum Gasteiger partial charge on any atom is 0.222 e. The quantitative estimate of drug-likeness (QED) is 0.931. The highest BCUT2D eigenvalue weighted by Gasteiger charge is 2.26. The highest BCUT2D eigenvalue weighted by molar-refractivity contribution is 7.18. The number of carbonyl (C=O) groups excluding carboxylic acids is 1. The molecule has 0 radical (unpaired) electrons. The Labute approximate surface area is 132 Å². The number of anilines is 1. The van der Waals surface area contributed by atoms with E-state index in [0.717, 1.165) is 40.8 Å². The number of nitrogens with zero attached hydrogens (tertiary/aromatic N) is 3. The van der Waals surface area contributed by atoms with Crippen LogP contribution in [0.3, 0.4) is 0 Å². The number of carbonyl (C=O) groups is 1. The predicted molar refractivity (Wildman–Crippen MR) is 86.0 cm³/mol. The van der Waals surface area contributed by atoms with Crippen molar-refractivity contribution in [3.8, 4) is 16.3 Å². The summed E-state index contributed by atoms with van der Waals surface area (Å²) in [6.45, 7) is 1.52. The number of nitrogens with two attached hydrogens (primary N) is 1. The molecule has 1 aromatic carbocycles. The second kappa shape index (κ2) is 6.31. The van der Waals surface area contributed by atoms with Gasteiger partial charge in [-0.05, 0) is 37.1 Å². The minimum absolute atomic E-state index is 0.0953. The lowest BCUT2D eigenvalue weighted by molar-refractivity contribution is -0.122. The van der Waals surface area contributed by atoms with E-state index in [1.165, 1.54) is 11.3 Å². The molecule has 0 spiro atoms. The van der Waals surface area contributed by atoms with E-state index in [1.807, 2.05) is 24.3 Å². The molecule has 3 rings (SSSR count). The van der Waals surface area contributed by atoms with Gasteiger partial charge in [-0.2, -0.15) is 0 Å². The van der Waals surface area contributed by atoms with Crippen molar-refractivity contribution in [3.05, 3.63) is 24.3 Å². The van der Waals surface area contributed by atoms with Crippen molar-refractivity contribution in [2.24, 2.45) is 11.7 Å². The fraction of sp³-hybridized carbons (Fsp3) is 0.400. The summed E-state index contributed by atoms with van der Waals surface area (Å²) < 4.78 is 5.16. The number of methoxy groups -OCH3 is 1. The van der Waals surface area contributed by atoms with Crippen molar-refractivity contribution >= 4 is 22.4 Å². The minimum atomic E-state index is -0.232. The molecule has 1 aliphatic rings. The van der Waals surface area contributed by atoms with Gasteiger partial charge in [-0.1, -0.05) is 11.3 Å². The Bertz CT molecular complexity index is 656. The zero-order valence-corrected chi connectivity index (χ0v) is 13.2. The molecule has 116 valence electrons. The molecule has 6 nitrogen and oxygen atoms in total. The Balaban J connectivity index is 1.76. The number of hydrogen-bond donors (Lipinski definition) is 1. The van der Waals surface area contributed by atoms with Gasteiger partial charge in [0.1, 0.15) is 10.8 Å². The van der Waals surface area contributed by atoms with Gasteiger partial charge in [0.05, 0.1) is 13.0 Å². The average Bonchev–Trinajstić information content (AvgIpc) is 3.05. The first-order chi connectivity index (χ1) is 10.7. The summed E-state index contributed by atoms with van der Waals surface area (Å²) in [7, 11) is 1.64. The molecule has 22 heavy (non-hydrogen) atoms. The second-order valence-electron chi connectivity index (χ2n) is 5.31. The van der Waals surface area contributed by atoms with E-state index in [0.29, 0.717) is 6.54 Å². The van der Waals surface area contributed by atoms with Gasteiger partial charge in [0.25, 0.3) is 0 Å². The molecule has 1 amide bonds. The normalized spacial score (nSPS) is 18.2. The third-order valence-corrected chi connectivity index (χ3v) is 4.88. The lowest BCUT2D eigenvalue weighted by Gasteiger charge is -2.30. The number of rotatable bonds is 4. The minimum Gasteiger partial charge on any atom is -0.497 e. The maximum absolute atomic E-state index is 11.4. The largest absolute Gasteiger partial charge is 0.497 e. The number of ether oxygens (including phenoxy) is 1. The van der Waals surface area contributed by atoms with Gasteiger partial charge >= 0.3 is 0 Å². The van der Waals surface area contributed by atoms with E-state index in [4.69, 9.17) is 10.5 Å². The number of benzene rings is 1. The van der Waals surface area contributed by atoms with Crippen LogP contribution >= 0.6 is 11.3 Å². The molecule has 0 saturated carbocycles. The van der Waals surface area contributed by atoms with E-state index >= 15 is 0 Å². The van der Waals surface area contributed by atoms with E-state index in [-0.39, 0.29) is 11.8 Å². The van der Waals surface area contributed by atoms with Gasteiger partial charge in [-0.25, -0.2) is 0 Å². The van der Waals surface area contributed by atoms with Crippen molar-refractivity contribution < 1.29 is 9.53 Å². The first kappa shape index (κ1) is 14.8. The van der Waals surface area contributed by atoms with Gasteiger partial charge < -0.3 is 15.4 Å². The van der Waals surface area contributed by atoms with Gasteiger partial charge in [-0.3, -0.25) is 4.79 Å². The molecule has 2 N–H and O–H groups in total. The first-order valence-corrected chi connectivity index (χ1v) is 8.01. The van der Waals surface area contributed by atoms with Crippen molar-refractivity contribution in [2.75, 3.05) is 25.1 Å². The van der Waals surface area contributed by atoms with Crippen molar-refractivity contribution in [2.45, 2.75) is 12.8 Å². The zero-order chi connectivity index (χ0) is 15.5. The SMILES string of the molecule is COc1ccc(-c2nnc(N3CCC[C@H](C(N)=O)C3)s2)cc1. The molecular weight excluding hydrogens is 300 g/mol. The van der Waals surface area contributed by atoms with Crippen LogP contribution in [-0.4, -0.2) is 36.3 Å². The van der Waals surface area contributed by atoms with Crippen LogP contribution in [0.15, 0.2) is 24.3 Å². The van der Waals surface area contributed by atoms with Crippen molar-refractivity contribution in [1.29, 1.82) is 0 Å². The van der Waals surface area contributed by atoms with Gasteiger partial charge in [0.15, 0.2) is 0 Å². The standard InChI is InChI=1S/C15H18N4O2S/c1-21-12-6-4-10(5-7-12)14-17-18-15(22-14)19-8-2-3-11(9-19)13(16)20/h4-7,11H,2-3,8-9H2,1H3,(H2,16,20)/t11-/m0/s1. The molecule has 0 unspecified atom stereocenters. The summed E-state index contributed by atoms with van der Waals surface area (Å²) in [4.78, 5) is 13.5. The molecule has 0 aliphatic carbocycles. The molecule has 2 aromatic rings. The summed E-state index contributed by atoms with van der Waals surface area (Å²) in [5.74, 6) is 0.487. The fourth-order valence-electron chi connectivity index (χ4n) is 2.58. The number of amides is 1. The van der Waals surface area contributed by atoms with E-state index in [9.17, 15) is 4.79 Å². The fourth-order valence-corrected chi connectivity index (χ4v) is 3.46. The average molecular weight is 318 g/mol. The molecular formula is C15H18N4O2S. The van der Waals surface area contributed by atoms with Gasteiger partial charge in [-0.15, -0.1) is 10.2 Å². The van der Waals surface area contributed by atoms with Crippen molar-refractivity contribution in [3.63, 3.8) is 0 Å². The van der Waals surface area contributed by atoms with Crippen LogP contribution in [0.4, 0.5) is 5.13 Å². The molecule has 1 atom stereocenters. The zero-order valence-electron chi connectivity index (χ0n) is 12.4. The summed E-state index contributed by atoms with van der Waals surface area (Å²) in [5, 5.41) is 10.2. The third kappa shape index (κ3) is 3.04. The lowest BCUT2D eigenvalue weighted by Crippen LogP contribution is -2.41. The van der Waals surface area contributed by atoms with Crippen LogP contribution in [0.5, 0.6) is 5.75 Å². The number of hydrogen-bond acceptors (Lipinski definition) is 6. The smallest absolute Gasteiger partial charge is 0.222 e. The Morgan fingerprint density at radius 3 is 2.82 bits per heavy atom. The predicted octanol–water partition coefficient (Wildman–Crippen LogP) is 1.92. The Morgan fingerprint density at radius 2 is 2.14 bits per heavy atom. The van der Waals surface area contributed by atoms with Crippen LogP contribution in [0.25, 0.3) is 10.6 Å².